The fourth-order valence-electron chi connectivity index (χ4n) is 1.45. The Morgan fingerprint density at radius 1 is 1.47 bits per heavy atom. The molecule has 0 atom stereocenters. The molecule has 0 aliphatic heterocycles. The molecule has 1 aromatic rings. The van der Waals surface area contributed by atoms with E-state index in [0.29, 0.717) is 6.54 Å². The lowest BCUT2D eigenvalue weighted by atomic mass is 10.0. The Hall–Kier alpha value is -1.55. The summed E-state index contributed by atoms with van der Waals surface area (Å²) in [6.07, 6.45) is 0. The summed E-state index contributed by atoms with van der Waals surface area (Å²) in [4.78, 5) is 12.9. The molecule has 0 bridgehead atoms. The second kappa shape index (κ2) is 4.31. The minimum atomic E-state index is -0.604. The van der Waals surface area contributed by atoms with Gasteiger partial charge in [-0.25, -0.2) is 0 Å². The van der Waals surface area contributed by atoms with Gasteiger partial charge in [0.1, 0.15) is 5.75 Å². The zero-order valence-corrected chi connectivity index (χ0v) is 9.24. The van der Waals surface area contributed by atoms with Crippen molar-refractivity contribution in [3.8, 4) is 5.75 Å². The number of aromatic hydroxyl groups is 1. The highest BCUT2D eigenvalue weighted by molar-refractivity contribution is 5.96. The summed E-state index contributed by atoms with van der Waals surface area (Å²) >= 11 is 0. The summed E-state index contributed by atoms with van der Waals surface area (Å²) in [6, 6.07) is 3.34. The van der Waals surface area contributed by atoms with Crippen molar-refractivity contribution >= 4 is 5.91 Å². The number of phenols is 1. The molecule has 0 saturated carbocycles. The van der Waals surface area contributed by atoms with E-state index in [1.807, 2.05) is 25.9 Å². The van der Waals surface area contributed by atoms with E-state index in [0.717, 1.165) is 11.1 Å². The average Bonchev–Trinajstić information content (AvgIpc) is 2.11. The number of amides is 1. The van der Waals surface area contributed by atoms with Crippen LogP contribution >= 0.6 is 0 Å². The topological polar surface area (TPSA) is 66.6 Å². The summed E-state index contributed by atoms with van der Waals surface area (Å²) in [5.41, 5.74) is 7.03. The molecule has 0 spiro atoms. The fraction of sp³-hybridized carbons (Fsp3) is 0.364. The van der Waals surface area contributed by atoms with Crippen molar-refractivity contribution < 1.29 is 9.90 Å². The first-order chi connectivity index (χ1) is 6.93. The number of carbonyl (C=O) groups is 1. The molecule has 0 fully saturated rings. The van der Waals surface area contributed by atoms with Crippen molar-refractivity contribution in [3.63, 3.8) is 0 Å². The Morgan fingerprint density at radius 3 is 2.53 bits per heavy atom. The van der Waals surface area contributed by atoms with Crippen molar-refractivity contribution in [2.45, 2.75) is 13.5 Å². The lowest BCUT2D eigenvalue weighted by Crippen LogP contribution is -2.15. The summed E-state index contributed by atoms with van der Waals surface area (Å²) < 4.78 is 0. The SMILES string of the molecule is Cc1ccc(C(N)=O)c(O)c1CN(C)C. The van der Waals surface area contributed by atoms with E-state index in [4.69, 9.17) is 5.73 Å². The number of hydrogen-bond acceptors (Lipinski definition) is 3. The number of hydrogen-bond donors (Lipinski definition) is 2. The average molecular weight is 208 g/mol. The Bertz CT molecular complexity index is 386. The van der Waals surface area contributed by atoms with Crippen LogP contribution in [0.5, 0.6) is 5.75 Å². The van der Waals surface area contributed by atoms with E-state index in [-0.39, 0.29) is 11.3 Å². The van der Waals surface area contributed by atoms with Gasteiger partial charge >= 0.3 is 0 Å². The Labute approximate surface area is 89.3 Å². The standard InChI is InChI=1S/C11H16N2O2/c1-7-4-5-8(11(12)15)10(14)9(7)6-13(2)3/h4-5,14H,6H2,1-3H3,(H2,12,15). The number of aryl methyl sites for hydroxylation is 1. The van der Waals surface area contributed by atoms with Crippen LogP contribution in [0.4, 0.5) is 0 Å². The molecule has 0 heterocycles. The molecule has 0 saturated heterocycles. The first kappa shape index (κ1) is 11.5. The quantitative estimate of drug-likeness (QED) is 0.774. The van der Waals surface area contributed by atoms with Gasteiger partial charge < -0.3 is 15.7 Å². The Morgan fingerprint density at radius 2 is 2.07 bits per heavy atom. The molecule has 1 aromatic carbocycles. The molecule has 4 nitrogen and oxygen atoms in total. The largest absolute Gasteiger partial charge is 0.507 e. The van der Waals surface area contributed by atoms with Gasteiger partial charge in [-0.3, -0.25) is 4.79 Å². The maximum atomic E-state index is 11.0. The maximum absolute atomic E-state index is 11.0. The van der Waals surface area contributed by atoms with E-state index in [2.05, 4.69) is 0 Å². The van der Waals surface area contributed by atoms with Crippen LogP contribution in [-0.2, 0) is 6.54 Å². The number of rotatable bonds is 3. The van der Waals surface area contributed by atoms with E-state index in [9.17, 15) is 9.90 Å². The molecule has 0 radical (unpaired) electrons. The van der Waals surface area contributed by atoms with Crippen molar-refractivity contribution in [2.24, 2.45) is 5.73 Å². The highest BCUT2D eigenvalue weighted by Crippen LogP contribution is 2.26. The highest BCUT2D eigenvalue weighted by atomic mass is 16.3. The van der Waals surface area contributed by atoms with Gasteiger partial charge in [0.05, 0.1) is 5.56 Å². The molecule has 0 aliphatic carbocycles. The first-order valence-electron chi connectivity index (χ1n) is 4.69. The molecule has 3 N–H and O–H groups in total. The van der Waals surface area contributed by atoms with Gasteiger partial charge in [-0.05, 0) is 32.6 Å². The third-order valence-electron chi connectivity index (χ3n) is 2.26. The third-order valence-corrected chi connectivity index (χ3v) is 2.26. The summed E-state index contributed by atoms with van der Waals surface area (Å²) in [5.74, 6) is -0.608. The number of benzene rings is 1. The van der Waals surface area contributed by atoms with Crippen LogP contribution < -0.4 is 5.73 Å². The molecule has 0 aromatic heterocycles. The van der Waals surface area contributed by atoms with Gasteiger partial charge in [0.15, 0.2) is 0 Å². The maximum Gasteiger partial charge on any atom is 0.252 e. The normalized spacial score (nSPS) is 10.7. The smallest absolute Gasteiger partial charge is 0.252 e. The Balaban J connectivity index is 3.24. The monoisotopic (exact) mass is 208 g/mol. The van der Waals surface area contributed by atoms with E-state index < -0.39 is 5.91 Å². The summed E-state index contributed by atoms with van der Waals surface area (Å²) in [5, 5.41) is 9.86. The molecule has 1 amide bonds. The zero-order valence-electron chi connectivity index (χ0n) is 9.24. The predicted octanol–water partition coefficient (Wildman–Crippen LogP) is 0.861. The molecular formula is C11H16N2O2. The molecule has 0 aliphatic rings. The van der Waals surface area contributed by atoms with Crippen LogP contribution in [0.2, 0.25) is 0 Å². The fourth-order valence-corrected chi connectivity index (χ4v) is 1.45. The summed E-state index contributed by atoms with van der Waals surface area (Å²) in [7, 11) is 3.80. The minimum absolute atomic E-state index is 0.00352. The van der Waals surface area contributed by atoms with Crippen molar-refractivity contribution in [3.05, 3.63) is 28.8 Å². The number of nitrogens with two attached hydrogens (primary N) is 1. The van der Waals surface area contributed by atoms with Gasteiger partial charge in [-0.2, -0.15) is 0 Å². The number of primary amides is 1. The lowest BCUT2D eigenvalue weighted by molar-refractivity contribution is 0.0997. The number of carbonyl (C=O) groups excluding carboxylic acids is 1. The molecule has 1 rings (SSSR count). The van der Waals surface area contributed by atoms with Crippen LogP contribution in [0.1, 0.15) is 21.5 Å². The van der Waals surface area contributed by atoms with Crippen LogP contribution in [0, 0.1) is 6.92 Å². The molecule has 82 valence electrons. The predicted molar refractivity (Wildman–Crippen MR) is 58.8 cm³/mol. The van der Waals surface area contributed by atoms with Gasteiger partial charge in [0, 0.05) is 12.1 Å². The Kier molecular flexibility index (Phi) is 3.31. The van der Waals surface area contributed by atoms with Crippen molar-refractivity contribution in [1.29, 1.82) is 0 Å². The molecular weight excluding hydrogens is 192 g/mol. The van der Waals surface area contributed by atoms with Crippen LogP contribution in [0.3, 0.4) is 0 Å². The van der Waals surface area contributed by atoms with Crippen LogP contribution in [-0.4, -0.2) is 30.0 Å². The van der Waals surface area contributed by atoms with Crippen molar-refractivity contribution in [1.82, 2.24) is 4.90 Å². The van der Waals surface area contributed by atoms with E-state index in [1.165, 1.54) is 0 Å². The highest BCUT2D eigenvalue weighted by Gasteiger charge is 2.14. The summed E-state index contributed by atoms with van der Waals surface area (Å²) in [6.45, 7) is 2.47. The van der Waals surface area contributed by atoms with E-state index in [1.54, 1.807) is 12.1 Å². The number of nitrogens with zero attached hydrogens (tertiary/aromatic N) is 1. The van der Waals surface area contributed by atoms with Crippen molar-refractivity contribution in [2.75, 3.05) is 14.1 Å². The molecule has 4 heteroatoms. The second-order valence-corrected chi connectivity index (χ2v) is 3.86. The molecule has 15 heavy (non-hydrogen) atoms. The van der Waals surface area contributed by atoms with Crippen LogP contribution in [0.25, 0.3) is 0 Å². The lowest BCUT2D eigenvalue weighted by Gasteiger charge is -2.15. The zero-order chi connectivity index (χ0) is 11.6. The van der Waals surface area contributed by atoms with Gasteiger partial charge in [-0.15, -0.1) is 0 Å². The first-order valence-corrected chi connectivity index (χ1v) is 4.69. The molecule has 0 unspecified atom stereocenters. The van der Waals surface area contributed by atoms with Gasteiger partial charge in [0.2, 0.25) is 0 Å². The third kappa shape index (κ3) is 2.47. The minimum Gasteiger partial charge on any atom is -0.507 e. The second-order valence-electron chi connectivity index (χ2n) is 3.86. The van der Waals surface area contributed by atoms with Gasteiger partial charge in [-0.1, -0.05) is 6.07 Å². The van der Waals surface area contributed by atoms with Crippen LogP contribution in [0.15, 0.2) is 12.1 Å². The van der Waals surface area contributed by atoms with Gasteiger partial charge in [0.25, 0.3) is 5.91 Å². The van der Waals surface area contributed by atoms with E-state index >= 15 is 0 Å².